The molecule has 25 heavy (non-hydrogen) atoms. The van der Waals surface area contributed by atoms with E-state index in [9.17, 15) is 14.4 Å². The van der Waals surface area contributed by atoms with Gasteiger partial charge in [0.15, 0.2) is 0 Å². The summed E-state index contributed by atoms with van der Waals surface area (Å²) in [7, 11) is 0. The molecule has 4 N–H and O–H groups in total. The topological polar surface area (TPSA) is 105 Å². The SMILES string of the molecule is CCN(Cc1ccccc1)C(=O)CNC(=O)CNC(=O)[C@@H](N)C(C)C. The molecule has 0 aromatic heterocycles. The number of amides is 3. The van der Waals surface area contributed by atoms with Crippen LogP contribution in [-0.4, -0.2) is 48.3 Å². The molecule has 3 amide bonds. The van der Waals surface area contributed by atoms with Crippen molar-refractivity contribution in [3.63, 3.8) is 0 Å². The Morgan fingerprint density at radius 1 is 1.08 bits per heavy atom. The van der Waals surface area contributed by atoms with Crippen LogP contribution in [0.25, 0.3) is 0 Å². The smallest absolute Gasteiger partial charge is 0.242 e. The minimum Gasteiger partial charge on any atom is -0.346 e. The molecule has 0 heterocycles. The Balaban J connectivity index is 2.38. The van der Waals surface area contributed by atoms with E-state index in [1.165, 1.54) is 0 Å². The molecule has 0 unspecified atom stereocenters. The van der Waals surface area contributed by atoms with Crippen molar-refractivity contribution in [2.75, 3.05) is 19.6 Å². The van der Waals surface area contributed by atoms with Crippen molar-refractivity contribution in [2.45, 2.75) is 33.4 Å². The Bertz CT molecular complexity index is 575. The van der Waals surface area contributed by atoms with Gasteiger partial charge < -0.3 is 21.3 Å². The first-order valence-electron chi connectivity index (χ1n) is 8.46. The van der Waals surface area contributed by atoms with Gasteiger partial charge in [0.05, 0.1) is 19.1 Å². The number of nitrogens with zero attached hydrogens (tertiary/aromatic N) is 1. The van der Waals surface area contributed by atoms with Gasteiger partial charge in [0.2, 0.25) is 17.7 Å². The van der Waals surface area contributed by atoms with Crippen molar-refractivity contribution >= 4 is 17.7 Å². The predicted molar refractivity (Wildman–Crippen MR) is 96.4 cm³/mol. The fraction of sp³-hybridized carbons (Fsp3) is 0.500. The van der Waals surface area contributed by atoms with Crippen LogP contribution in [0, 0.1) is 5.92 Å². The van der Waals surface area contributed by atoms with Crippen LogP contribution >= 0.6 is 0 Å². The summed E-state index contributed by atoms with van der Waals surface area (Å²) in [6, 6.07) is 8.99. The molecule has 1 aromatic rings. The molecule has 7 nitrogen and oxygen atoms in total. The van der Waals surface area contributed by atoms with E-state index in [0.29, 0.717) is 13.1 Å². The van der Waals surface area contributed by atoms with Gasteiger partial charge in [-0.15, -0.1) is 0 Å². The van der Waals surface area contributed by atoms with E-state index in [1.54, 1.807) is 4.90 Å². The lowest BCUT2D eigenvalue weighted by molar-refractivity contribution is -0.133. The maximum absolute atomic E-state index is 12.2. The summed E-state index contributed by atoms with van der Waals surface area (Å²) in [5, 5.41) is 4.99. The van der Waals surface area contributed by atoms with E-state index < -0.39 is 11.9 Å². The highest BCUT2D eigenvalue weighted by molar-refractivity contribution is 5.89. The normalized spacial score (nSPS) is 11.7. The van der Waals surface area contributed by atoms with Crippen molar-refractivity contribution < 1.29 is 14.4 Å². The van der Waals surface area contributed by atoms with Gasteiger partial charge in [0.25, 0.3) is 0 Å². The number of rotatable bonds is 9. The van der Waals surface area contributed by atoms with E-state index in [-0.39, 0.29) is 30.8 Å². The van der Waals surface area contributed by atoms with Crippen LogP contribution < -0.4 is 16.4 Å². The third-order valence-corrected chi connectivity index (χ3v) is 3.83. The highest BCUT2D eigenvalue weighted by atomic mass is 16.2. The van der Waals surface area contributed by atoms with Crippen molar-refractivity contribution in [1.29, 1.82) is 0 Å². The Hall–Kier alpha value is -2.41. The first-order chi connectivity index (χ1) is 11.8. The number of hydrogen-bond acceptors (Lipinski definition) is 4. The summed E-state index contributed by atoms with van der Waals surface area (Å²) in [4.78, 5) is 37.3. The van der Waals surface area contributed by atoms with Gasteiger partial charge in [0.1, 0.15) is 0 Å². The molecule has 0 aliphatic heterocycles. The molecular formula is C18H28N4O3. The number of nitrogens with two attached hydrogens (primary N) is 1. The minimum absolute atomic E-state index is 0.0132. The lowest BCUT2D eigenvalue weighted by Gasteiger charge is -2.21. The van der Waals surface area contributed by atoms with Crippen LogP contribution in [0.15, 0.2) is 30.3 Å². The lowest BCUT2D eigenvalue weighted by Crippen LogP contribution is -2.48. The average molecular weight is 348 g/mol. The second kappa shape index (κ2) is 10.5. The van der Waals surface area contributed by atoms with Crippen LogP contribution in [-0.2, 0) is 20.9 Å². The van der Waals surface area contributed by atoms with Crippen LogP contribution in [0.1, 0.15) is 26.3 Å². The summed E-state index contributed by atoms with van der Waals surface area (Å²) >= 11 is 0. The fourth-order valence-corrected chi connectivity index (χ4v) is 2.12. The zero-order valence-corrected chi connectivity index (χ0v) is 15.1. The van der Waals surface area contributed by atoms with Gasteiger partial charge in [0, 0.05) is 13.1 Å². The Morgan fingerprint density at radius 3 is 2.28 bits per heavy atom. The summed E-state index contributed by atoms with van der Waals surface area (Å²) in [5.41, 5.74) is 6.72. The number of carbonyl (C=O) groups is 3. The third-order valence-electron chi connectivity index (χ3n) is 3.83. The van der Waals surface area contributed by atoms with Gasteiger partial charge in [-0.2, -0.15) is 0 Å². The summed E-state index contributed by atoms with van der Waals surface area (Å²) < 4.78 is 0. The highest BCUT2D eigenvalue weighted by Crippen LogP contribution is 2.04. The first-order valence-corrected chi connectivity index (χ1v) is 8.46. The van der Waals surface area contributed by atoms with Crippen LogP contribution in [0.3, 0.4) is 0 Å². The predicted octanol–water partition coefficient (Wildman–Crippen LogP) is 0.251. The minimum atomic E-state index is -0.657. The third kappa shape index (κ3) is 7.34. The molecule has 0 saturated carbocycles. The van der Waals surface area contributed by atoms with Gasteiger partial charge in [-0.1, -0.05) is 44.2 Å². The molecule has 0 bridgehead atoms. The standard InChI is InChI=1S/C18H28N4O3/c1-4-22(12-14-8-6-5-7-9-14)16(24)11-20-15(23)10-21-18(25)17(19)13(2)3/h5-9,13,17H,4,10-12,19H2,1-3H3,(H,20,23)(H,21,25)/t17-/m0/s1. The molecule has 0 saturated heterocycles. The molecule has 0 fully saturated rings. The number of hydrogen-bond donors (Lipinski definition) is 3. The Kier molecular flexibility index (Phi) is 8.63. The molecular weight excluding hydrogens is 320 g/mol. The molecule has 0 radical (unpaired) electrons. The van der Waals surface area contributed by atoms with Crippen molar-refractivity contribution in [3.05, 3.63) is 35.9 Å². The van der Waals surface area contributed by atoms with Gasteiger partial charge in [-0.05, 0) is 18.4 Å². The molecule has 0 aliphatic carbocycles. The second-order valence-corrected chi connectivity index (χ2v) is 6.16. The van der Waals surface area contributed by atoms with Crippen molar-refractivity contribution in [1.82, 2.24) is 15.5 Å². The zero-order valence-electron chi connectivity index (χ0n) is 15.1. The largest absolute Gasteiger partial charge is 0.346 e. The van der Waals surface area contributed by atoms with E-state index in [2.05, 4.69) is 10.6 Å². The van der Waals surface area contributed by atoms with E-state index >= 15 is 0 Å². The van der Waals surface area contributed by atoms with Gasteiger partial charge >= 0.3 is 0 Å². The molecule has 1 atom stereocenters. The van der Waals surface area contributed by atoms with E-state index in [0.717, 1.165) is 5.56 Å². The summed E-state index contributed by atoms with van der Waals surface area (Å²) in [6.07, 6.45) is 0. The average Bonchev–Trinajstić information content (AvgIpc) is 2.62. The molecule has 1 rings (SSSR count). The monoisotopic (exact) mass is 348 g/mol. The number of carbonyl (C=O) groups excluding carboxylic acids is 3. The van der Waals surface area contributed by atoms with Gasteiger partial charge in [-0.25, -0.2) is 0 Å². The maximum Gasteiger partial charge on any atom is 0.242 e. The fourth-order valence-electron chi connectivity index (χ4n) is 2.12. The summed E-state index contributed by atoms with van der Waals surface area (Å²) in [6.45, 7) is 6.28. The van der Waals surface area contributed by atoms with E-state index in [1.807, 2.05) is 51.1 Å². The Labute approximate surface area is 148 Å². The zero-order chi connectivity index (χ0) is 18.8. The number of benzene rings is 1. The van der Waals surface area contributed by atoms with E-state index in [4.69, 9.17) is 5.73 Å². The number of likely N-dealkylation sites (N-methyl/N-ethyl adjacent to an activating group) is 1. The second-order valence-electron chi connectivity index (χ2n) is 6.16. The molecule has 138 valence electrons. The summed E-state index contributed by atoms with van der Waals surface area (Å²) in [5.74, 6) is -0.991. The number of nitrogens with one attached hydrogen (secondary N) is 2. The van der Waals surface area contributed by atoms with Crippen molar-refractivity contribution in [3.8, 4) is 0 Å². The van der Waals surface area contributed by atoms with Crippen molar-refractivity contribution in [2.24, 2.45) is 11.7 Å². The lowest BCUT2D eigenvalue weighted by atomic mass is 10.1. The first kappa shape index (κ1) is 20.6. The van der Waals surface area contributed by atoms with Crippen LogP contribution in [0.2, 0.25) is 0 Å². The van der Waals surface area contributed by atoms with Crippen LogP contribution in [0.5, 0.6) is 0 Å². The molecule has 7 heteroatoms. The molecule has 1 aromatic carbocycles. The Morgan fingerprint density at radius 2 is 1.72 bits per heavy atom. The van der Waals surface area contributed by atoms with Gasteiger partial charge in [-0.3, -0.25) is 14.4 Å². The van der Waals surface area contributed by atoms with Crippen LogP contribution in [0.4, 0.5) is 0 Å². The highest BCUT2D eigenvalue weighted by Gasteiger charge is 2.18. The molecule has 0 spiro atoms. The molecule has 0 aliphatic rings. The maximum atomic E-state index is 12.2. The quantitative estimate of drug-likeness (QED) is 0.595.